The molecule has 5 nitrogen and oxygen atoms in total. The zero-order chi connectivity index (χ0) is 13.1. The smallest absolute Gasteiger partial charge is 0.308 e. The molecule has 2 heterocycles. The molecule has 1 aromatic heterocycles. The summed E-state index contributed by atoms with van der Waals surface area (Å²) < 4.78 is 0. The maximum absolute atomic E-state index is 12.1. The fraction of sp³-hybridized carbons (Fsp3) is 0.417. The van der Waals surface area contributed by atoms with Crippen molar-refractivity contribution in [3.63, 3.8) is 0 Å². The third kappa shape index (κ3) is 2.79. The molecule has 1 aliphatic heterocycles. The highest BCUT2D eigenvalue weighted by Gasteiger charge is 2.29. The Morgan fingerprint density at radius 3 is 2.94 bits per heavy atom. The summed E-state index contributed by atoms with van der Waals surface area (Å²) in [6, 6.07) is 3.09. The normalized spacial score (nSPS) is 19.6. The van der Waals surface area contributed by atoms with Crippen LogP contribution in [0, 0.1) is 5.92 Å². The molecule has 1 atom stereocenters. The summed E-state index contributed by atoms with van der Waals surface area (Å²) in [5.41, 5.74) is 0.258. The molecule has 2 rings (SSSR count). The minimum Gasteiger partial charge on any atom is -0.481 e. The van der Waals surface area contributed by atoms with Crippen LogP contribution in [0.25, 0.3) is 0 Å². The summed E-state index contributed by atoms with van der Waals surface area (Å²) in [4.78, 5) is 28.6. The van der Waals surface area contributed by atoms with Crippen molar-refractivity contribution in [3.05, 3.63) is 29.0 Å². The van der Waals surface area contributed by atoms with Crippen LogP contribution in [0.4, 0.5) is 0 Å². The molecule has 1 fully saturated rings. The van der Waals surface area contributed by atoms with E-state index in [0.717, 1.165) is 0 Å². The fourth-order valence-electron chi connectivity index (χ4n) is 2.05. The highest BCUT2D eigenvalue weighted by atomic mass is 35.5. The van der Waals surface area contributed by atoms with E-state index in [2.05, 4.69) is 4.98 Å². The third-order valence-corrected chi connectivity index (χ3v) is 3.23. The van der Waals surface area contributed by atoms with E-state index in [4.69, 9.17) is 16.7 Å². The van der Waals surface area contributed by atoms with Gasteiger partial charge in [-0.3, -0.25) is 14.6 Å². The van der Waals surface area contributed by atoms with Crippen LogP contribution in [0.3, 0.4) is 0 Å². The minimum absolute atomic E-state index is 0.238. The number of hydrogen-bond donors (Lipinski definition) is 1. The van der Waals surface area contributed by atoms with Crippen molar-refractivity contribution in [1.82, 2.24) is 9.88 Å². The number of aromatic nitrogens is 1. The minimum atomic E-state index is -0.855. The lowest BCUT2D eigenvalue weighted by atomic mass is 9.98. The van der Waals surface area contributed by atoms with Gasteiger partial charge in [0.25, 0.3) is 5.91 Å². The SMILES string of the molecule is O=C(O)[C@@H]1CCCN(C(=O)c2cc(Cl)ccn2)C1. The van der Waals surface area contributed by atoms with Crippen molar-refractivity contribution < 1.29 is 14.7 Å². The highest BCUT2D eigenvalue weighted by Crippen LogP contribution is 2.19. The van der Waals surface area contributed by atoms with Crippen LogP contribution in [-0.2, 0) is 4.79 Å². The van der Waals surface area contributed by atoms with E-state index in [-0.39, 0.29) is 18.1 Å². The molecule has 0 aromatic carbocycles. The summed E-state index contributed by atoms with van der Waals surface area (Å²) >= 11 is 5.80. The molecular weight excluding hydrogens is 256 g/mol. The largest absolute Gasteiger partial charge is 0.481 e. The zero-order valence-electron chi connectivity index (χ0n) is 9.67. The number of pyridine rings is 1. The average molecular weight is 269 g/mol. The number of piperidine rings is 1. The molecule has 0 radical (unpaired) electrons. The first kappa shape index (κ1) is 12.8. The molecule has 6 heteroatoms. The Hall–Kier alpha value is -1.62. The van der Waals surface area contributed by atoms with E-state index in [1.54, 1.807) is 6.07 Å². The molecule has 0 spiro atoms. The van der Waals surface area contributed by atoms with E-state index in [0.29, 0.717) is 24.4 Å². The molecule has 0 bridgehead atoms. The van der Waals surface area contributed by atoms with Gasteiger partial charge in [-0.05, 0) is 25.0 Å². The lowest BCUT2D eigenvalue weighted by Gasteiger charge is -2.30. The Morgan fingerprint density at radius 1 is 1.50 bits per heavy atom. The third-order valence-electron chi connectivity index (χ3n) is 3.00. The van der Waals surface area contributed by atoms with Crippen molar-refractivity contribution in [1.29, 1.82) is 0 Å². The number of likely N-dealkylation sites (tertiary alicyclic amines) is 1. The summed E-state index contributed by atoms with van der Waals surface area (Å²) in [5.74, 6) is -1.60. The first-order chi connectivity index (χ1) is 8.58. The number of carbonyl (C=O) groups is 2. The summed E-state index contributed by atoms with van der Waals surface area (Å²) in [5, 5.41) is 9.42. The van der Waals surface area contributed by atoms with Gasteiger partial charge in [0.1, 0.15) is 5.69 Å². The Bertz CT molecular complexity index is 478. The molecule has 0 aliphatic carbocycles. The summed E-state index contributed by atoms with van der Waals surface area (Å²) in [7, 11) is 0. The van der Waals surface area contributed by atoms with Crippen LogP contribution in [0.15, 0.2) is 18.3 Å². The first-order valence-corrected chi connectivity index (χ1v) is 6.09. The Morgan fingerprint density at radius 2 is 2.28 bits per heavy atom. The number of carboxylic acid groups (broad SMARTS) is 1. The quantitative estimate of drug-likeness (QED) is 0.886. The molecule has 96 valence electrons. The fourth-order valence-corrected chi connectivity index (χ4v) is 2.21. The number of carbonyl (C=O) groups excluding carboxylic acids is 1. The van der Waals surface area contributed by atoms with Gasteiger partial charge in [-0.2, -0.15) is 0 Å². The maximum atomic E-state index is 12.1. The Balaban J connectivity index is 2.11. The van der Waals surface area contributed by atoms with Gasteiger partial charge in [0.05, 0.1) is 5.92 Å². The number of amides is 1. The summed E-state index contributed by atoms with van der Waals surface area (Å²) in [6.07, 6.45) is 2.78. The van der Waals surface area contributed by atoms with Crippen molar-refractivity contribution in [3.8, 4) is 0 Å². The summed E-state index contributed by atoms with van der Waals surface area (Å²) in [6.45, 7) is 0.805. The molecular formula is C12H13ClN2O3. The molecule has 1 amide bonds. The Labute approximate surface area is 109 Å². The second-order valence-corrected chi connectivity index (χ2v) is 4.72. The van der Waals surface area contributed by atoms with Gasteiger partial charge >= 0.3 is 5.97 Å². The van der Waals surface area contributed by atoms with Crippen molar-refractivity contribution in [2.24, 2.45) is 5.92 Å². The molecule has 1 aromatic rings. The van der Waals surface area contributed by atoms with E-state index >= 15 is 0 Å². The predicted octanol–water partition coefficient (Wildman–Crippen LogP) is 1.67. The predicted molar refractivity (Wildman–Crippen MR) is 65.5 cm³/mol. The number of aliphatic carboxylic acids is 1. The van der Waals surface area contributed by atoms with Crippen molar-refractivity contribution in [2.75, 3.05) is 13.1 Å². The number of rotatable bonds is 2. The van der Waals surface area contributed by atoms with E-state index < -0.39 is 11.9 Å². The monoisotopic (exact) mass is 268 g/mol. The second kappa shape index (κ2) is 5.35. The van der Waals surface area contributed by atoms with Gasteiger partial charge < -0.3 is 10.0 Å². The van der Waals surface area contributed by atoms with E-state index in [1.807, 2.05) is 0 Å². The number of carboxylic acids is 1. The number of hydrogen-bond acceptors (Lipinski definition) is 3. The molecule has 1 N–H and O–H groups in total. The van der Waals surface area contributed by atoms with Crippen LogP contribution < -0.4 is 0 Å². The van der Waals surface area contributed by atoms with E-state index in [1.165, 1.54) is 17.2 Å². The van der Waals surface area contributed by atoms with Crippen LogP contribution in [-0.4, -0.2) is 40.0 Å². The van der Waals surface area contributed by atoms with Crippen molar-refractivity contribution >= 4 is 23.5 Å². The standard InChI is InChI=1S/C12H13ClN2O3/c13-9-3-4-14-10(6-9)11(16)15-5-1-2-8(7-15)12(17)18/h3-4,6,8H,1-2,5,7H2,(H,17,18)/t8-/m1/s1. The van der Waals surface area contributed by atoms with Crippen LogP contribution in [0.1, 0.15) is 23.3 Å². The van der Waals surface area contributed by atoms with Gasteiger partial charge in [0.15, 0.2) is 0 Å². The lowest BCUT2D eigenvalue weighted by molar-refractivity contribution is -0.143. The van der Waals surface area contributed by atoms with Gasteiger partial charge in [0, 0.05) is 24.3 Å². The number of nitrogens with zero attached hydrogens (tertiary/aromatic N) is 2. The first-order valence-electron chi connectivity index (χ1n) is 5.71. The highest BCUT2D eigenvalue weighted by molar-refractivity contribution is 6.30. The van der Waals surface area contributed by atoms with Crippen LogP contribution in [0.5, 0.6) is 0 Å². The molecule has 0 unspecified atom stereocenters. The number of halogens is 1. The second-order valence-electron chi connectivity index (χ2n) is 4.29. The van der Waals surface area contributed by atoms with Gasteiger partial charge in [0.2, 0.25) is 0 Å². The van der Waals surface area contributed by atoms with Crippen LogP contribution in [0.2, 0.25) is 5.02 Å². The van der Waals surface area contributed by atoms with Gasteiger partial charge in [-0.1, -0.05) is 11.6 Å². The zero-order valence-corrected chi connectivity index (χ0v) is 10.4. The van der Waals surface area contributed by atoms with E-state index in [9.17, 15) is 9.59 Å². The van der Waals surface area contributed by atoms with Gasteiger partial charge in [-0.25, -0.2) is 0 Å². The lowest BCUT2D eigenvalue weighted by Crippen LogP contribution is -2.42. The molecule has 1 aliphatic rings. The maximum Gasteiger partial charge on any atom is 0.308 e. The molecule has 18 heavy (non-hydrogen) atoms. The Kier molecular flexibility index (Phi) is 3.81. The average Bonchev–Trinajstić information content (AvgIpc) is 2.38. The topological polar surface area (TPSA) is 70.5 Å². The molecule has 1 saturated heterocycles. The van der Waals surface area contributed by atoms with Crippen LogP contribution >= 0.6 is 11.6 Å². The van der Waals surface area contributed by atoms with Gasteiger partial charge in [-0.15, -0.1) is 0 Å². The van der Waals surface area contributed by atoms with Crippen molar-refractivity contribution in [2.45, 2.75) is 12.8 Å². The molecule has 0 saturated carbocycles.